The minimum atomic E-state index is -0.630. The Morgan fingerprint density at radius 3 is 1.75 bits per heavy atom. The summed E-state index contributed by atoms with van der Waals surface area (Å²) >= 11 is 5.82. The van der Waals surface area contributed by atoms with Crippen LogP contribution in [0.2, 0.25) is 0 Å². The number of benzene rings is 2. The number of aliphatic hydroxyl groups is 1. The van der Waals surface area contributed by atoms with Crippen molar-refractivity contribution < 1.29 is 19.3 Å². The fraction of sp³-hybridized carbons (Fsp3) is 0.478. The van der Waals surface area contributed by atoms with Crippen LogP contribution >= 0.6 is 11.6 Å². The third-order valence-electron chi connectivity index (χ3n) is 4.75. The van der Waals surface area contributed by atoms with Gasteiger partial charge in [-0.05, 0) is 35.4 Å². The van der Waals surface area contributed by atoms with Gasteiger partial charge in [0.2, 0.25) is 0 Å². The highest BCUT2D eigenvalue weighted by Gasteiger charge is 2.23. The molecule has 0 aliphatic rings. The van der Waals surface area contributed by atoms with E-state index in [4.69, 9.17) is 25.8 Å². The van der Waals surface area contributed by atoms with Crippen LogP contribution in [0.4, 0.5) is 0 Å². The summed E-state index contributed by atoms with van der Waals surface area (Å²) < 4.78 is 16.3. The predicted octanol–water partition coefficient (Wildman–Crippen LogP) is 4.65. The molecule has 5 heteroatoms. The lowest BCUT2D eigenvalue weighted by molar-refractivity contribution is 0.0325. The van der Waals surface area contributed by atoms with E-state index in [0.29, 0.717) is 18.4 Å². The second-order valence-corrected chi connectivity index (χ2v) is 7.97. The number of hydrogen-bond donors (Lipinski definition) is 1. The van der Waals surface area contributed by atoms with Crippen LogP contribution in [-0.2, 0) is 10.2 Å². The van der Waals surface area contributed by atoms with Crippen LogP contribution in [-0.4, -0.2) is 44.0 Å². The van der Waals surface area contributed by atoms with Crippen molar-refractivity contribution in [1.29, 1.82) is 0 Å². The first-order valence-corrected chi connectivity index (χ1v) is 10.1. The van der Waals surface area contributed by atoms with Gasteiger partial charge in [0.05, 0.1) is 13.2 Å². The van der Waals surface area contributed by atoms with Crippen LogP contribution in [0.5, 0.6) is 11.5 Å². The van der Waals surface area contributed by atoms with E-state index in [0.717, 1.165) is 11.5 Å². The topological polar surface area (TPSA) is 47.9 Å². The van der Waals surface area contributed by atoms with Crippen LogP contribution < -0.4 is 9.47 Å². The number of alkyl halides is 1. The van der Waals surface area contributed by atoms with Gasteiger partial charge in [-0.3, -0.25) is 0 Å². The van der Waals surface area contributed by atoms with E-state index in [1.165, 1.54) is 11.1 Å². The largest absolute Gasteiger partial charge is 0.493 e. The van der Waals surface area contributed by atoms with Crippen LogP contribution in [0.3, 0.4) is 0 Å². The molecule has 0 amide bonds. The third kappa shape index (κ3) is 6.40. The first-order valence-electron chi connectivity index (χ1n) is 9.56. The molecule has 2 aromatic carbocycles. The van der Waals surface area contributed by atoms with E-state index in [1.54, 1.807) is 7.11 Å². The molecule has 2 unspecified atom stereocenters. The number of ether oxygens (including phenoxy) is 3. The lowest BCUT2D eigenvalue weighted by Crippen LogP contribution is -2.22. The monoisotopic (exact) mass is 406 g/mol. The summed E-state index contributed by atoms with van der Waals surface area (Å²) in [5.74, 6) is 2.51. The normalized spacial score (nSPS) is 13.8. The van der Waals surface area contributed by atoms with Gasteiger partial charge in [-0.2, -0.15) is 0 Å². The Morgan fingerprint density at radius 1 is 0.857 bits per heavy atom. The molecule has 1 N–H and O–H groups in total. The van der Waals surface area contributed by atoms with Gasteiger partial charge in [-0.25, -0.2) is 0 Å². The molecule has 2 atom stereocenters. The summed E-state index contributed by atoms with van der Waals surface area (Å²) in [6.45, 7) is 7.53. The molecule has 0 radical (unpaired) electrons. The van der Waals surface area contributed by atoms with Crippen molar-refractivity contribution in [3.63, 3.8) is 0 Å². The zero-order chi connectivity index (χ0) is 20.6. The van der Waals surface area contributed by atoms with Gasteiger partial charge in [-0.1, -0.05) is 45.0 Å². The fourth-order valence-electron chi connectivity index (χ4n) is 2.82. The van der Waals surface area contributed by atoms with E-state index in [-0.39, 0.29) is 18.6 Å². The molecule has 0 saturated carbocycles. The molecule has 0 aliphatic heterocycles. The van der Waals surface area contributed by atoms with Crippen molar-refractivity contribution in [3.8, 4) is 11.5 Å². The number of rotatable bonds is 11. The Morgan fingerprint density at radius 2 is 1.32 bits per heavy atom. The Hall–Kier alpha value is -1.75. The number of aliphatic hydroxyl groups excluding tert-OH is 1. The molecule has 2 rings (SSSR count). The summed E-state index contributed by atoms with van der Waals surface area (Å²) in [4.78, 5) is 0. The van der Waals surface area contributed by atoms with Gasteiger partial charge in [0.25, 0.3) is 0 Å². The van der Waals surface area contributed by atoms with E-state index in [9.17, 15) is 5.11 Å². The summed E-state index contributed by atoms with van der Waals surface area (Å²) in [6, 6.07) is 16.2. The molecule has 0 aliphatic carbocycles. The standard InChI is InChI=1S/C23H31ClO4/c1-17(13-24)14-27-21-9-5-18(6-10-21)23(2,3)19-7-11-22(12-8-19)28-16-20(25)15-26-4/h5-12,17,20,25H,13-16H2,1-4H3. The fourth-order valence-corrected chi connectivity index (χ4v) is 2.91. The molecule has 28 heavy (non-hydrogen) atoms. The van der Waals surface area contributed by atoms with Gasteiger partial charge in [0.1, 0.15) is 24.2 Å². The molecule has 4 nitrogen and oxygen atoms in total. The summed E-state index contributed by atoms with van der Waals surface area (Å²) in [5.41, 5.74) is 2.23. The molecular weight excluding hydrogens is 376 g/mol. The quantitative estimate of drug-likeness (QED) is 0.551. The second-order valence-electron chi connectivity index (χ2n) is 7.66. The Balaban J connectivity index is 2.01. The van der Waals surface area contributed by atoms with Crippen molar-refractivity contribution in [3.05, 3.63) is 59.7 Å². The average molecular weight is 407 g/mol. The van der Waals surface area contributed by atoms with Crippen LogP contribution in [0.1, 0.15) is 31.9 Å². The smallest absolute Gasteiger partial charge is 0.119 e. The molecule has 0 bridgehead atoms. The van der Waals surface area contributed by atoms with Crippen molar-refractivity contribution in [2.45, 2.75) is 32.3 Å². The van der Waals surface area contributed by atoms with Gasteiger partial charge < -0.3 is 19.3 Å². The van der Waals surface area contributed by atoms with Crippen molar-refractivity contribution in [2.24, 2.45) is 5.92 Å². The highest BCUT2D eigenvalue weighted by atomic mass is 35.5. The van der Waals surface area contributed by atoms with Gasteiger partial charge in [0, 0.05) is 24.3 Å². The van der Waals surface area contributed by atoms with Crippen molar-refractivity contribution >= 4 is 11.6 Å². The zero-order valence-electron chi connectivity index (χ0n) is 17.2. The highest BCUT2D eigenvalue weighted by molar-refractivity contribution is 6.18. The van der Waals surface area contributed by atoms with E-state index < -0.39 is 6.10 Å². The van der Waals surface area contributed by atoms with Gasteiger partial charge in [-0.15, -0.1) is 11.6 Å². The third-order valence-corrected chi connectivity index (χ3v) is 5.28. The molecule has 0 fully saturated rings. The SMILES string of the molecule is COCC(O)COc1ccc(C(C)(C)c2ccc(OCC(C)CCl)cc2)cc1. The molecule has 0 aromatic heterocycles. The molecule has 2 aromatic rings. The van der Waals surface area contributed by atoms with E-state index in [1.807, 2.05) is 24.3 Å². The minimum absolute atomic E-state index is 0.157. The van der Waals surface area contributed by atoms with Gasteiger partial charge >= 0.3 is 0 Å². The van der Waals surface area contributed by atoms with Crippen molar-refractivity contribution in [2.75, 3.05) is 32.8 Å². The molecule has 0 heterocycles. The predicted molar refractivity (Wildman–Crippen MR) is 114 cm³/mol. The Bertz CT molecular complexity index is 698. The molecule has 0 saturated heterocycles. The highest BCUT2D eigenvalue weighted by Crippen LogP contribution is 2.33. The molecule has 154 valence electrons. The summed E-state index contributed by atoms with van der Waals surface area (Å²) in [6.07, 6.45) is -0.630. The van der Waals surface area contributed by atoms with Gasteiger partial charge in [0.15, 0.2) is 0 Å². The first-order chi connectivity index (χ1) is 13.4. The maximum atomic E-state index is 9.68. The lowest BCUT2D eigenvalue weighted by atomic mass is 9.78. The number of halogens is 1. The Labute approximate surface area is 173 Å². The number of methoxy groups -OCH3 is 1. The lowest BCUT2D eigenvalue weighted by Gasteiger charge is -2.26. The maximum absolute atomic E-state index is 9.68. The summed E-state index contributed by atoms with van der Waals surface area (Å²) in [7, 11) is 1.55. The van der Waals surface area contributed by atoms with Crippen LogP contribution in [0.25, 0.3) is 0 Å². The Kier molecular flexibility index (Phi) is 8.61. The maximum Gasteiger partial charge on any atom is 0.119 e. The van der Waals surface area contributed by atoms with Crippen LogP contribution in [0, 0.1) is 5.92 Å². The number of hydrogen-bond acceptors (Lipinski definition) is 4. The zero-order valence-corrected chi connectivity index (χ0v) is 17.9. The van der Waals surface area contributed by atoms with Crippen molar-refractivity contribution in [1.82, 2.24) is 0 Å². The first kappa shape index (κ1) is 22.5. The van der Waals surface area contributed by atoms with Crippen LogP contribution in [0.15, 0.2) is 48.5 Å². The molecule has 0 spiro atoms. The summed E-state index contributed by atoms with van der Waals surface area (Å²) in [5, 5.41) is 9.68. The van der Waals surface area contributed by atoms with E-state index >= 15 is 0 Å². The second kappa shape index (κ2) is 10.7. The van der Waals surface area contributed by atoms with E-state index in [2.05, 4.69) is 45.0 Å². The average Bonchev–Trinajstić information content (AvgIpc) is 2.71. The molecular formula is C23H31ClO4. The minimum Gasteiger partial charge on any atom is -0.493 e.